The fraction of sp³-hybridized carbons (Fsp3) is 0.435. The quantitative estimate of drug-likeness (QED) is 0.673. The molecule has 0 aromatic heterocycles. The van der Waals surface area contributed by atoms with Crippen molar-refractivity contribution < 1.29 is 38.0 Å². The van der Waals surface area contributed by atoms with Gasteiger partial charge in [0.05, 0.1) is 41.0 Å². The smallest absolute Gasteiger partial charge is 0.310 e. The molecule has 0 spiro atoms. The van der Waals surface area contributed by atoms with Crippen LogP contribution in [0.3, 0.4) is 0 Å². The minimum atomic E-state index is -0.357. The van der Waals surface area contributed by atoms with E-state index < -0.39 is 0 Å². The molecule has 0 amide bonds. The molecule has 1 aliphatic carbocycles. The maximum atomic E-state index is 12.9. The zero-order chi connectivity index (χ0) is 21.7. The third-order valence-electron chi connectivity index (χ3n) is 6.37. The maximum Gasteiger partial charge on any atom is 0.310 e. The second kappa shape index (κ2) is 7.44. The summed E-state index contributed by atoms with van der Waals surface area (Å²) in [5.41, 5.74) is 2.81. The number of ether oxygens (including phenoxy) is 7. The predicted octanol–water partition coefficient (Wildman–Crippen LogP) is 2.93. The zero-order valence-corrected chi connectivity index (χ0v) is 17.9. The number of esters is 1. The fourth-order valence-electron chi connectivity index (χ4n) is 5.08. The van der Waals surface area contributed by atoms with Gasteiger partial charge in [-0.3, -0.25) is 4.79 Å². The van der Waals surface area contributed by atoms with Crippen molar-refractivity contribution in [2.24, 2.45) is 11.8 Å². The molecule has 3 atom stereocenters. The van der Waals surface area contributed by atoms with E-state index in [2.05, 4.69) is 0 Å². The summed E-state index contributed by atoms with van der Waals surface area (Å²) in [5, 5.41) is 0. The van der Waals surface area contributed by atoms with Crippen LogP contribution in [0.4, 0.5) is 0 Å². The van der Waals surface area contributed by atoms with E-state index in [1.807, 2.05) is 18.2 Å². The number of carbonyl (C=O) groups is 1. The van der Waals surface area contributed by atoms with E-state index in [9.17, 15) is 4.79 Å². The van der Waals surface area contributed by atoms with Crippen molar-refractivity contribution in [1.29, 1.82) is 0 Å². The van der Waals surface area contributed by atoms with Crippen LogP contribution in [0.15, 0.2) is 18.2 Å². The normalized spacial score (nSPS) is 23.0. The summed E-state index contributed by atoms with van der Waals surface area (Å²) in [5.74, 6) is 2.48. The Balaban J connectivity index is 1.77. The summed E-state index contributed by atoms with van der Waals surface area (Å²) in [7, 11) is 6.30. The minimum absolute atomic E-state index is 0.0502. The number of carbonyl (C=O) groups excluding carboxylic acids is 1. The molecule has 8 nitrogen and oxygen atoms in total. The molecule has 0 N–H and O–H groups in total. The van der Waals surface area contributed by atoms with Gasteiger partial charge in [0.1, 0.15) is 0 Å². The van der Waals surface area contributed by atoms with Crippen LogP contribution in [0.1, 0.15) is 22.6 Å². The van der Waals surface area contributed by atoms with E-state index in [1.54, 1.807) is 28.4 Å². The van der Waals surface area contributed by atoms with Crippen molar-refractivity contribution in [1.82, 2.24) is 0 Å². The molecule has 8 heteroatoms. The Morgan fingerprint density at radius 3 is 2.23 bits per heavy atom. The number of hydrogen-bond donors (Lipinski definition) is 0. The number of hydrogen-bond acceptors (Lipinski definition) is 8. The molecule has 0 radical (unpaired) electrons. The first-order valence-corrected chi connectivity index (χ1v) is 10.1. The highest BCUT2D eigenvalue weighted by molar-refractivity contribution is 5.79. The number of methoxy groups -OCH3 is 4. The first-order chi connectivity index (χ1) is 15.1. The number of benzene rings is 2. The van der Waals surface area contributed by atoms with E-state index >= 15 is 0 Å². The highest BCUT2D eigenvalue weighted by Crippen LogP contribution is 2.56. The highest BCUT2D eigenvalue weighted by atomic mass is 16.7. The van der Waals surface area contributed by atoms with Crippen LogP contribution in [-0.2, 0) is 16.0 Å². The molecule has 1 saturated heterocycles. The Morgan fingerprint density at radius 2 is 1.58 bits per heavy atom. The predicted molar refractivity (Wildman–Crippen MR) is 109 cm³/mol. The van der Waals surface area contributed by atoms with Crippen molar-refractivity contribution in [3.8, 4) is 34.5 Å². The summed E-state index contributed by atoms with van der Waals surface area (Å²) in [6.45, 7) is 0.527. The standard InChI is InChI=1S/C23H24O8/c1-25-14-6-12(7-15(26-2)20(14)27-3)17-18-11(5-13-9-29-23(24)19(13)17)8-16-21(22(18)28-4)31-10-30-16/h6-8,13,17,19H,5,9-10H2,1-4H3/t13-,17?,19-/m0/s1. The topological polar surface area (TPSA) is 81.7 Å². The van der Waals surface area contributed by atoms with E-state index in [0.29, 0.717) is 47.5 Å². The number of cyclic esters (lactones) is 1. The van der Waals surface area contributed by atoms with Crippen LogP contribution in [0, 0.1) is 11.8 Å². The Labute approximate surface area is 179 Å². The lowest BCUT2D eigenvalue weighted by molar-refractivity contribution is -0.141. The molecule has 0 bridgehead atoms. The molecule has 2 aromatic rings. The van der Waals surface area contributed by atoms with Gasteiger partial charge in [0.25, 0.3) is 0 Å². The lowest BCUT2D eigenvalue weighted by Gasteiger charge is -2.35. The molecule has 2 heterocycles. The van der Waals surface area contributed by atoms with Crippen molar-refractivity contribution in [3.63, 3.8) is 0 Å². The molecule has 0 saturated carbocycles. The second-order valence-electron chi connectivity index (χ2n) is 7.77. The highest BCUT2D eigenvalue weighted by Gasteiger charge is 2.50. The summed E-state index contributed by atoms with van der Waals surface area (Å²) in [6.07, 6.45) is 0.694. The second-order valence-corrected chi connectivity index (χ2v) is 7.77. The van der Waals surface area contributed by atoms with Gasteiger partial charge >= 0.3 is 5.97 Å². The average molecular weight is 428 g/mol. The summed E-state index contributed by atoms with van der Waals surface area (Å²) >= 11 is 0. The van der Waals surface area contributed by atoms with Crippen LogP contribution in [0.2, 0.25) is 0 Å². The van der Waals surface area contributed by atoms with Crippen molar-refractivity contribution in [2.75, 3.05) is 41.8 Å². The van der Waals surface area contributed by atoms with Gasteiger partial charge in [-0.1, -0.05) is 0 Å². The molecule has 31 heavy (non-hydrogen) atoms. The van der Waals surface area contributed by atoms with Crippen LogP contribution in [-0.4, -0.2) is 47.8 Å². The van der Waals surface area contributed by atoms with E-state index in [0.717, 1.165) is 16.7 Å². The Morgan fingerprint density at radius 1 is 0.871 bits per heavy atom. The third kappa shape index (κ3) is 2.85. The zero-order valence-electron chi connectivity index (χ0n) is 17.9. The number of rotatable bonds is 5. The molecule has 5 rings (SSSR count). The minimum Gasteiger partial charge on any atom is -0.493 e. The van der Waals surface area contributed by atoms with E-state index in [-0.39, 0.29) is 30.5 Å². The van der Waals surface area contributed by atoms with E-state index in [4.69, 9.17) is 33.2 Å². The van der Waals surface area contributed by atoms with Gasteiger partial charge in [-0.15, -0.1) is 0 Å². The molecule has 2 aromatic carbocycles. The van der Waals surface area contributed by atoms with Crippen molar-refractivity contribution in [2.45, 2.75) is 12.3 Å². The van der Waals surface area contributed by atoms with Crippen molar-refractivity contribution >= 4 is 5.97 Å². The van der Waals surface area contributed by atoms with Crippen LogP contribution < -0.4 is 28.4 Å². The van der Waals surface area contributed by atoms with E-state index in [1.165, 1.54) is 0 Å². The molecule has 2 aliphatic heterocycles. The summed E-state index contributed by atoms with van der Waals surface area (Å²) in [4.78, 5) is 12.9. The molecular formula is C23H24O8. The van der Waals surface area contributed by atoms with Gasteiger partial charge in [-0.25, -0.2) is 0 Å². The lowest BCUT2D eigenvalue weighted by atomic mass is 9.67. The van der Waals surface area contributed by atoms with Gasteiger partial charge < -0.3 is 33.2 Å². The first-order valence-electron chi connectivity index (χ1n) is 10.1. The van der Waals surface area contributed by atoms with Gasteiger partial charge in [0.15, 0.2) is 23.0 Å². The molecule has 164 valence electrons. The first kappa shape index (κ1) is 19.7. The summed E-state index contributed by atoms with van der Waals surface area (Å²) in [6, 6.07) is 5.76. The van der Waals surface area contributed by atoms with Crippen LogP contribution in [0.5, 0.6) is 34.5 Å². The molecule has 1 unspecified atom stereocenters. The van der Waals surface area contributed by atoms with Gasteiger partial charge in [-0.05, 0) is 35.7 Å². The van der Waals surface area contributed by atoms with Crippen LogP contribution in [0.25, 0.3) is 0 Å². The molecular weight excluding hydrogens is 404 g/mol. The fourth-order valence-corrected chi connectivity index (χ4v) is 5.08. The number of fused-ring (bicyclic) bond motifs is 3. The molecule has 3 aliphatic rings. The largest absolute Gasteiger partial charge is 0.493 e. The van der Waals surface area contributed by atoms with Crippen molar-refractivity contribution in [3.05, 3.63) is 34.9 Å². The monoisotopic (exact) mass is 428 g/mol. The maximum absolute atomic E-state index is 12.9. The van der Waals surface area contributed by atoms with Gasteiger partial charge in [0, 0.05) is 17.4 Å². The Hall–Kier alpha value is -3.29. The Bertz CT molecular complexity index is 1020. The third-order valence-corrected chi connectivity index (χ3v) is 6.37. The van der Waals surface area contributed by atoms with Crippen LogP contribution >= 0.6 is 0 Å². The molecule has 1 fully saturated rings. The SMILES string of the molecule is COc1cc(C2c3c(cc4c(c3OC)OCO4)C[C@H]3COC(=O)[C@H]23)cc(OC)c1OC. The average Bonchev–Trinajstić information content (AvgIpc) is 3.41. The Kier molecular flexibility index (Phi) is 4.72. The summed E-state index contributed by atoms with van der Waals surface area (Å²) < 4.78 is 39.2. The van der Waals surface area contributed by atoms with Gasteiger partial charge in [0.2, 0.25) is 18.3 Å². The van der Waals surface area contributed by atoms with Gasteiger partial charge in [-0.2, -0.15) is 0 Å². The lowest BCUT2D eigenvalue weighted by Crippen LogP contribution is -2.32.